The highest BCUT2D eigenvalue weighted by molar-refractivity contribution is 9.10. The molecule has 0 aliphatic carbocycles. The number of halogens is 1. The molecule has 29 heavy (non-hydrogen) atoms. The van der Waals surface area contributed by atoms with E-state index in [-0.39, 0.29) is 5.91 Å². The first-order valence-electron chi connectivity index (χ1n) is 9.37. The fraction of sp³-hybridized carbons (Fsp3) is 0.174. The Morgan fingerprint density at radius 3 is 2.72 bits per heavy atom. The predicted octanol–water partition coefficient (Wildman–Crippen LogP) is 5.49. The standard InChI is InChI=1S/C23H21BrN2O2S/c1-28-21-5-3-2-4-17(21)10-12-25-23(27)20-14-22-19(11-13-29-22)26(20)15-16-6-8-18(24)9-7-16/h2-9,11,13-14H,10,12,15H2,1H3,(H,25,27). The molecule has 0 atom stereocenters. The fourth-order valence-corrected chi connectivity index (χ4v) is 4.51. The van der Waals surface area contributed by atoms with Gasteiger partial charge in [-0.1, -0.05) is 46.3 Å². The molecule has 0 fully saturated rings. The van der Waals surface area contributed by atoms with E-state index in [9.17, 15) is 4.79 Å². The SMILES string of the molecule is COc1ccccc1CCNC(=O)c1cc2sccc2n1Cc1ccc(Br)cc1. The zero-order chi connectivity index (χ0) is 20.2. The number of hydrogen-bond donors (Lipinski definition) is 1. The first-order valence-corrected chi connectivity index (χ1v) is 11.0. The van der Waals surface area contributed by atoms with Crippen molar-refractivity contribution in [2.24, 2.45) is 0 Å². The number of nitrogens with zero attached hydrogens (tertiary/aromatic N) is 1. The quantitative estimate of drug-likeness (QED) is 0.389. The Labute approximate surface area is 182 Å². The molecule has 2 heterocycles. The Kier molecular flexibility index (Phi) is 6.02. The predicted molar refractivity (Wildman–Crippen MR) is 122 cm³/mol. The summed E-state index contributed by atoms with van der Waals surface area (Å²) >= 11 is 5.13. The molecule has 1 N–H and O–H groups in total. The molecule has 6 heteroatoms. The second-order valence-electron chi connectivity index (χ2n) is 6.73. The highest BCUT2D eigenvalue weighted by atomic mass is 79.9. The second kappa shape index (κ2) is 8.84. The van der Waals surface area contributed by atoms with Crippen molar-refractivity contribution in [3.8, 4) is 5.75 Å². The van der Waals surface area contributed by atoms with Crippen LogP contribution >= 0.6 is 27.3 Å². The molecule has 148 valence electrons. The van der Waals surface area contributed by atoms with Gasteiger partial charge in [-0.2, -0.15) is 0 Å². The minimum atomic E-state index is -0.0552. The monoisotopic (exact) mass is 468 g/mol. The van der Waals surface area contributed by atoms with Crippen molar-refractivity contribution in [2.75, 3.05) is 13.7 Å². The van der Waals surface area contributed by atoms with Crippen molar-refractivity contribution in [3.05, 3.63) is 87.3 Å². The van der Waals surface area contributed by atoms with Gasteiger partial charge in [0.05, 0.1) is 17.3 Å². The van der Waals surface area contributed by atoms with Crippen LogP contribution in [0.2, 0.25) is 0 Å². The summed E-state index contributed by atoms with van der Waals surface area (Å²) in [5.41, 5.74) is 4.02. The van der Waals surface area contributed by atoms with Gasteiger partial charge in [-0.15, -0.1) is 11.3 Å². The van der Waals surface area contributed by atoms with Crippen molar-refractivity contribution in [1.82, 2.24) is 9.88 Å². The maximum Gasteiger partial charge on any atom is 0.267 e. The number of fused-ring (bicyclic) bond motifs is 1. The molecule has 0 saturated carbocycles. The van der Waals surface area contributed by atoms with Crippen molar-refractivity contribution in [3.63, 3.8) is 0 Å². The summed E-state index contributed by atoms with van der Waals surface area (Å²) in [4.78, 5) is 13.0. The number of carbonyl (C=O) groups excluding carboxylic acids is 1. The molecule has 0 unspecified atom stereocenters. The molecule has 0 saturated heterocycles. The minimum Gasteiger partial charge on any atom is -0.496 e. The largest absolute Gasteiger partial charge is 0.496 e. The Bertz CT molecular complexity index is 1130. The van der Waals surface area contributed by atoms with E-state index in [4.69, 9.17) is 4.74 Å². The Morgan fingerprint density at radius 2 is 1.93 bits per heavy atom. The number of hydrogen-bond acceptors (Lipinski definition) is 3. The van der Waals surface area contributed by atoms with Crippen LogP contribution in [0.1, 0.15) is 21.6 Å². The molecule has 0 spiro atoms. The van der Waals surface area contributed by atoms with Gasteiger partial charge in [0.25, 0.3) is 5.91 Å². The topological polar surface area (TPSA) is 43.3 Å². The summed E-state index contributed by atoms with van der Waals surface area (Å²) in [5, 5.41) is 5.13. The number of methoxy groups -OCH3 is 1. The number of aromatic nitrogens is 1. The Hall–Kier alpha value is -2.57. The summed E-state index contributed by atoms with van der Waals surface area (Å²) < 4.78 is 9.65. The average Bonchev–Trinajstić information content (AvgIpc) is 3.32. The van der Waals surface area contributed by atoms with Crippen molar-refractivity contribution in [2.45, 2.75) is 13.0 Å². The number of thiophene rings is 1. The highest BCUT2D eigenvalue weighted by Crippen LogP contribution is 2.26. The maximum absolute atomic E-state index is 13.0. The van der Waals surface area contributed by atoms with Crippen LogP contribution < -0.4 is 10.1 Å². The molecule has 0 aliphatic heterocycles. The van der Waals surface area contributed by atoms with Gasteiger partial charge >= 0.3 is 0 Å². The summed E-state index contributed by atoms with van der Waals surface area (Å²) in [6, 6.07) is 20.2. The van der Waals surface area contributed by atoms with Crippen LogP contribution in [0.4, 0.5) is 0 Å². The smallest absolute Gasteiger partial charge is 0.267 e. The first kappa shape index (κ1) is 19.7. The molecular formula is C23H21BrN2O2S. The number of carbonyl (C=O) groups is 1. The fourth-order valence-electron chi connectivity index (χ4n) is 3.42. The van der Waals surface area contributed by atoms with E-state index < -0.39 is 0 Å². The highest BCUT2D eigenvalue weighted by Gasteiger charge is 2.16. The van der Waals surface area contributed by atoms with Gasteiger partial charge in [-0.05, 0) is 53.3 Å². The van der Waals surface area contributed by atoms with Gasteiger partial charge in [-0.25, -0.2) is 0 Å². The van der Waals surface area contributed by atoms with Crippen LogP contribution in [0.15, 0.2) is 70.5 Å². The molecule has 0 bridgehead atoms. The lowest BCUT2D eigenvalue weighted by Gasteiger charge is -2.12. The van der Waals surface area contributed by atoms with Crippen molar-refractivity contribution >= 4 is 43.4 Å². The molecule has 4 aromatic rings. The van der Waals surface area contributed by atoms with Crippen LogP contribution in [-0.2, 0) is 13.0 Å². The summed E-state index contributed by atoms with van der Waals surface area (Å²) in [6.45, 7) is 1.21. The van der Waals surface area contributed by atoms with E-state index in [2.05, 4.69) is 49.4 Å². The van der Waals surface area contributed by atoms with E-state index in [0.29, 0.717) is 18.8 Å². The van der Waals surface area contributed by atoms with Crippen LogP contribution in [0, 0.1) is 0 Å². The first-order chi connectivity index (χ1) is 14.2. The summed E-state index contributed by atoms with van der Waals surface area (Å²) in [7, 11) is 1.67. The molecular weight excluding hydrogens is 448 g/mol. The van der Waals surface area contributed by atoms with Crippen LogP contribution in [0.5, 0.6) is 5.75 Å². The number of nitrogens with one attached hydrogen (secondary N) is 1. The Morgan fingerprint density at radius 1 is 1.14 bits per heavy atom. The Balaban J connectivity index is 1.51. The zero-order valence-corrected chi connectivity index (χ0v) is 18.4. The summed E-state index contributed by atoms with van der Waals surface area (Å²) in [6.07, 6.45) is 0.720. The lowest BCUT2D eigenvalue weighted by molar-refractivity contribution is 0.0945. The lowest BCUT2D eigenvalue weighted by atomic mass is 10.1. The number of benzene rings is 2. The molecule has 2 aromatic carbocycles. The van der Waals surface area contributed by atoms with E-state index in [1.165, 1.54) is 0 Å². The lowest BCUT2D eigenvalue weighted by Crippen LogP contribution is -2.28. The molecule has 0 aliphatic rings. The van der Waals surface area contributed by atoms with Gasteiger partial charge < -0.3 is 14.6 Å². The zero-order valence-electron chi connectivity index (χ0n) is 16.0. The normalized spacial score (nSPS) is 11.0. The van der Waals surface area contributed by atoms with Crippen LogP contribution in [0.25, 0.3) is 10.2 Å². The van der Waals surface area contributed by atoms with Gasteiger partial charge in [0, 0.05) is 17.6 Å². The second-order valence-corrected chi connectivity index (χ2v) is 8.59. The van der Waals surface area contributed by atoms with Crippen molar-refractivity contribution < 1.29 is 9.53 Å². The number of amides is 1. The number of para-hydroxylation sites is 1. The van der Waals surface area contributed by atoms with Crippen LogP contribution in [-0.4, -0.2) is 24.1 Å². The third kappa shape index (κ3) is 4.38. The van der Waals surface area contributed by atoms with E-state index >= 15 is 0 Å². The van der Waals surface area contributed by atoms with Gasteiger partial charge in [-0.3, -0.25) is 4.79 Å². The minimum absolute atomic E-state index is 0.0552. The van der Waals surface area contributed by atoms with Gasteiger partial charge in [0.2, 0.25) is 0 Å². The van der Waals surface area contributed by atoms with Crippen molar-refractivity contribution in [1.29, 1.82) is 0 Å². The maximum atomic E-state index is 13.0. The van der Waals surface area contributed by atoms with Gasteiger partial charge in [0.15, 0.2) is 0 Å². The summed E-state index contributed by atoms with van der Waals surface area (Å²) in [5.74, 6) is 0.793. The molecule has 4 rings (SSSR count). The third-order valence-electron chi connectivity index (χ3n) is 4.88. The van der Waals surface area contributed by atoms with E-state index in [0.717, 1.165) is 38.0 Å². The average molecular weight is 469 g/mol. The number of rotatable bonds is 7. The van der Waals surface area contributed by atoms with E-state index in [1.54, 1.807) is 18.4 Å². The molecule has 2 aromatic heterocycles. The number of ether oxygens (including phenoxy) is 1. The van der Waals surface area contributed by atoms with E-state index in [1.807, 2.05) is 42.5 Å². The molecule has 0 radical (unpaired) electrons. The van der Waals surface area contributed by atoms with Gasteiger partial charge in [0.1, 0.15) is 11.4 Å². The third-order valence-corrected chi connectivity index (χ3v) is 6.26. The molecule has 1 amide bonds. The molecule has 4 nitrogen and oxygen atoms in total. The van der Waals surface area contributed by atoms with Crippen LogP contribution in [0.3, 0.4) is 0 Å².